The molecular weight excluding hydrogens is 274 g/mol. The molecule has 20 heavy (non-hydrogen) atoms. The average Bonchev–Trinajstić information content (AvgIpc) is 3.14. The van der Waals surface area contributed by atoms with Gasteiger partial charge in [0.1, 0.15) is 5.82 Å². The van der Waals surface area contributed by atoms with E-state index in [2.05, 4.69) is 36.8 Å². The number of carbonyl (C=O) groups excluding carboxylic acids is 1. The van der Waals surface area contributed by atoms with E-state index >= 15 is 0 Å². The number of nitrogens with zero attached hydrogens (tertiary/aromatic N) is 3. The summed E-state index contributed by atoms with van der Waals surface area (Å²) in [5.41, 5.74) is 1.26. The Morgan fingerprint density at radius 3 is 3.20 bits per heavy atom. The molecule has 0 unspecified atom stereocenters. The monoisotopic (exact) mass is 291 g/mol. The first-order valence-electron chi connectivity index (χ1n) is 6.76. The minimum absolute atomic E-state index is 0.157. The Morgan fingerprint density at radius 1 is 1.40 bits per heavy atom. The first-order chi connectivity index (χ1) is 9.83. The molecule has 0 aromatic carbocycles. The number of rotatable bonds is 5. The molecule has 0 saturated heterocycles. The Kier molecular flexibility index (Phi) is 3.96. The van der Waals surface area contributed by atoms with Crippen molar-refractivity contribution in [1.82, 2.24) is 25.4 Å². The lowest BCUT2D eigenvalue weighted by molar-refractivity contribution is 0.240. The molecule has 2 N–H and O–H groups in total. The molecule has 2 aromatic heterocycles. The molecule has 0 aliphatic carbocycles. The number of aromatic nitrogens is 3. The Hall–Kier alpha value is -1.89. The number of urea groups is 1. The van der Waals surface area contributed by atoms with Gasteiger partial charge in [-0.25, -0.2) is 4.79 Å². The van der Waals surface area contributed by atoms with Gasteiger partial charge in [-0.2, -0.15) is 11.3 Å². The number of fused-ring (bicyclic) bond motifs is 1. The highest BCUT2D eigenvalue weighted by Crippen LogP contribution is 2.13. The molecule has 1 aliphatic rings. The van der Waals surface area contributed by atoms with Gasteiger partial charge in [0.15, 0.2) is 5.82 Å². The number of nitrogens with one attached hydrogen (secondary N) is 2. The van der Waals surface area contributed by atoms with Crippen LogP contribution in [-0.4, -0.2) is 27.3 Å². The van der Waals surface area contributed by atoms with Crippen molar-refractivity contribution >= 4 is 17.4 Å². The smallest absolute Gasteiger partial charge is 0.315 e. The zero-order valence-electron chi connectivity index (χ0n) is 11.1. The maximum absolute atomic E-state index is 11.7. The second kappa shape index (κ2) is 6.04. The number of hydrogen-bond donors (Lipinski definition) is 2. The Morgan fingerprint density at radius 2 is 2.35 bits per heavy atom. The molecule has 0 radical (unpaired) electrons. The fraction of sp³-hybridized carbons (Fsp3) is 0.462. The van der Waals surface area contributed by atoms with E-state index in [1.54, 1.807) is 11.3 Å². The second-order valence-corrected chi connectivity index (χ2v) is 5.56. The molecule has 2 amide bonds. The van der Waals surface area contributed by atoms with Crippen LogP contribution in [-0.2, 0) is 25.9 Å². The van der Waals surface area contributed by atoms with Crippen LogP contribution >= 0.6 is 11.3 Å². The number of amides is 2. The van der Waals surface area contributed by atoms with Gasteiger partial charge in [-0.3, -0.25) is 0 Å². The van der Waals surface area contributed by atoms with Crippen LogP contribution in [0.4, 0.5) is 4.79 Å². The maximum atomic E-state index is 11.7. The molecule has 0 atom stereocenters. The van der Waals surface area contributed by atoms with E-state index in [-0.39, 0.29) is 6.03 Å². The second-order valence-electron chi connectivity index (χ2n) is 4.78. The Balaban J connectivity index is 1.40. The van der Waals surface area contributed by atoms with E-state index in [1.165, 1.54) is 5.56 Å². The number of thiophene rings is 1. The fourth-order valence-corrected chi connectivity index (χ4v) is 3.02. The van der Waals surface area contributed by atoms with Gasteiger partial charge in [-0.05, 0) is 35.2 Å². The quantitative estimate of drug-likeness (QED) is 0.873. The fourth-order valence-electron chi connectivity index (χ4n) is 2.32. The molecule has 1 aliphatic heterocycles. The van der Waals surface area contributed by atoms with Gasteiger partial charge in [0.2, 0.25) is 0 Å². The van der Waals surface area contributed by atoms with Gasteiger partial charge >= 0.3 is 6.03 Å². The molecule has 3 heterocycles. The van der Waals surface area contributed by atoms with E-state index in [1.807, 2.05) is 5.38 Å². The lowest BCUT2D eigenvalue weighted by Gasteiger charge is -2.07. The molecule has 106 valence electrons. The molecule has 2 aromatic rings. The van der Waals surface area contributed by atoms with Gasteiger partial charge in [0, 0.05) is 19.5 Å². The lowest BCUT2D eigenvalue weighted by atomic mass is 10.2. The first kappa shape index (κ1) is 13.1. The number of aryl methyl sites for hydroxylation is 1. The minimum Gasteiger partial charge on any atom is -0.338 e. The van der Waals surface area contributed by atoms with E-state index in [0.29, 0.717) is 13.1 Å². The van der Waals surface area contributed by atoms with E-state index < -0.39 is 0 Å². The highest BCUT2D eigenvalue weighted by Gasteiger charge is 2.17. The zero-order chi connectivity index (χ0) is 13.8. The van der Waals surface area contributed by atoms with E-state index in [0.717, 1.165) is 37.5 Å². The average molecular weight is 291 g/mol. The summed E-state index contributed by atoms with van der Waals surface area (Å²) in [6, 6.07) is 1.92. The molecule has 0 saturated carbocycles. The largest absolute Gasteiger partial charge is 0.338 e. The Bertz CT molecular complexity index is 578. The van der Waals surface area contributed by atoms with Gasteiger partial charge in [0.05, 0.1) is 6.54 Å². The van der Waals surface area contributed by atoms with Crippen LogP contribution in [0.3, 0.4) is 0 Å². The van der Waals surface area contributed by atoms with Crippen molar-refractivity contribution < 1.29 is 4.79 Å². The maximum Gasteiger partial charge on any atom is 0.315 e. The van der Waals surface area contributed by atoms with Crippen molar-refractivity contribution in [1.29, 1.82) is 0 Å². The van der Waals surface area contributed by atoms with Crippen molar-refractivity contribution in [2.75, 3.05) is 6.54 Å². The Labute approximate surface area is 121 Å². The van der Waals surface area contributed by atoms with Crippen LogP contribution in [0.5, 0.6) is 0 Å². The van der Waals surface area contributed by atoms with E-state index in [9.17, 15) is 4.79 Å². The summed E-state index contributed by atoms with van der Waals surface area (Å²) in [5.74, 6) is 1.87. The predicted molar refractivity (Wildman–Crippen MR) is 76.6 cm³/mol. The summed E-state index contributed by atoms with van der Waals surface area (Å²) >= 11 is 1.67. The van der Waals surface area contributed by atoms with Crippen molar-refractivity contribution in [2.24, 2.45) is 0 Å². The van der Waals surface area contributed by atoms with Crippen molar-refractivity contribution in [3.05, 3.63) is 34.0 Å². The SMILES string of the molecule is O=C(NCCc1ccsc1)NCc1nnc2n1CCC2. The molecule has 7 heteroatoms. The van der Waals surface area contributed by atoms with Gasteiger partial charge in [0.25, 0.3) is 0 Å². The van der Waals surface area contributed by atoms with Crippen molar-refractivity contribution in [3.63, 3.8) is 0 Å². The number of hydrogen-bond acceptors (Lipinski definition) is 4. The summed E-state index contributed by atoms with van der Waals surface area (Å²) < 4.78 is 2.09. The molecule has 0 bridgehead atoms. The molecule has 0 spiro atoms. The molecule has 6 nitrogen and oxygen atoms in total. The van der Waals surface area contributed by atoms with Gasteiger partial charge < -0.3 is 15.2 Å². The summed E-state index contributed by atoms with van der Waals surface area (Å²) in [6.45, 7) is 2.02. The molecule has 3 rings (SSSR count). The van der Waals surface area contributed by atoms with Crippen LogP contribution in [0, 0.1) is 0 Å². The zero-order valence-corrected chi connectivity index (χ0v) is 11.9. The predicted octanol–water partition coefficient (Wildman–Crippen LogP) is 1.33. The summed E-state index contributed by atoms with van der Waals surface area (Å²) in [6.07, 6.45) is 2.96. The lowest BCUT2D eigenvalue weighted by Crippen LogP contribution is -2.36. The van der Waals surface area contributed by atoms with Crippen molar-refractivity contribution in [3.8, 4) is 0 Å². The van der Waals surface area contributed by atoms with Crippen LogP contribution in [0.25, 0.3) is 0 Å². The third-order valence-corrected chi connectivity index (χ3v) is 4.10. The molecule has 0 fully saturated rings. The first-order valence-corrected chi connectivity index (χ1v) is 7.71. The van der Waals surface area contributed by atoms with E-state index in [4.69, 9.17) is 0 Å². The summed E-state index contributed by atoms with van der Waals surface area (Å²) in [5, 5.41) is 18.0. The van der Waals surface area contributed by atoms with Crippen LogP contribution < -0.4 is 10.6 Å². The van der Waals surface area contributed by atoms with Crippen LogP contribution in [0.1, 0.15) is 23.6 Å². The van der Waals surface area contributed by atoms with Crippen LogP contribution in [0.15, 0.2) is 16.8 Å². The summed E-state index contributed by atoms with van der Waals surface area (Å²) in [4.78, 5) is 11.7. The van der Waals surface area contributed by atoms with Gasteiger partial charge in [-0.15, -0.1) is 10.2 Å². The third kappa shape index (κ3) is 2.98. The number of carbonyl (C=O) groups is 1. The highest BCUT2D eigenvalue weighted by atomic mass is 32.1. The van der Waals surface area contributed by atoms with Crippen molar-refractivity contribution in [2.45, 2.75) is 32.4 Å². The highest BCUT2D eigenvalue weighted by molar-refractivity contribution is 7.07. The normalized spacial score (nSPS) is 13.2. The topological polar surface area (TPSA) is 71.8 Å². The summed E-state index contributed by atoms with van der Waals surface area (Å²) in [7, 11) is 0. The standard InChI is InChI=1S/C13H17N5OS/c19-13(14-5-3-10-4-7-20-9-10)15-8-12-17-16-11-2-1-6-18(11)12/h4,7,9H,1-3,5-6,8H2,(H2,14,15,19). The molecular formula is C13H17N5OS. The van der Waals surface area contributed by atoms with Crippen LogP contribution in [0.2, 0.25) is 0 Å². The minimum atomic E-state index is -0.157. The third-order valence-electron chi connectivity index (χ3n) is 3.37. The van der Waals surface area contributed by atoms with Gasteiger partial charge in [-0.1, -0.05) is 0 Å².